The minimum atomic E-state index is -0.747. The van der Waals surface area contributed by atoms with Crippen LogP contribution in [0.15, 0.2) is 24.3 Å². The number of Topliss-reactive ketones (excluding diaryl/α,β-unsaturated/α-hetero) is 1. The van der Waals surface area contributed by atoms with Crippen molar-refractivity contribution in [2.45, 2.75) is 6.42 Å². The van der Waals surface area contributed by atoms with Crippen molar-refractivity contribution in [3.63, 3.8) is 0 Å². The van der Waals surface area contributed by atoms with Crippen LogP contribution in [0.3, 0.4) is 0 Å². The summed E-state index contributed by atoms with van der Waals surface area (Å²) in [5.41, 5.74) is -0.148. The van der Waals surface area contributed by atoms with Gasteiger partial charge >= 0.3 is 0 Å². The largest absolute Gasteiger partial charge is 0.497 e. The summed E-state index contributed by atoms with van der Waals surface area (Å²) >= 11 is 0. The van der Waals surface area contributed by atoms with Crippen molar-refractivity contribution in [2.75, 3.05) is 20.7 Å². The second-order valence-electron chi connectivity index (χ2n) is 5.12. The van der Waals surface area contributed by atoms with Gasteiger partial charge in [0.15, 0.2) is 5.78 Å². The average Bonchev–Trinajstić information content (AvgIpc) is 3.06. The third-order valence-corrected chi connectivity index (χ3v) is 4.09. The Morgan fingerprint density at radius 2 is 2.06 bits per heavy atom. The molecule has 0 spiro atoms. The van der Waals surface area contributed by atoms with Gasteiger partial charge < -0.3 is 9.64 Å². The fraction of sp³-hybridized carbons (Fsp3) is 0.429. The number of carbonyl (C=O) groups is 2. The predicted octanol–water partition coefficient (Wildman–Crippen LogP) is 1.36. The van der Waals surface area contributed by atoms with Crippen molar-refractivity contribution in [1.82, 2.24) is 4.90 Å². The summed E-state index contributed by atoms with van der Waals surface area (Å²) in [5, 5.41) is 0. The molecular weight excluding hydrogens is 230 g/mol. The molecule has 4 nitrogen and oxygen atoms in total. The van der Waals surface area contributed by atoms with Crippen molar-refractivity contribution >= 4 is 11.7 Å². The van der Waals surface area contributed by atoms with Gasteiger partial charge in [-0.2, -0.15) is 0 Å². The molecule has 18 heavy (non-hydrogen) atoms. The molecule has 1 saturated heterocycles. The third kappa shape index (κ3) is 1.32. The van der Waals surface area contributed by atoms with E-state index in [-0.39, 0.29) is 17.6 Å². The number of ketones is 1. The zero-order valence-electron chi connectivity index (χ0n) is 10.5. The molecule has 1 aliphatic heterocycles. The smallest absolute Gasteiger partial charge is 0.236 e. The number of fused-ring (bicyclic) bond motifs is 1. The molecule has 1 saturated carbocycles. The van der Waals surface area contributed by atoms with E-state index in [1.54, 1.807) is 43.3 Å². The van der Waals surface area contributed by atoms with E-state index in [1.165, 1.54) is 0 Å². The van der Waals surface area contributed by atoms with Crippen LogP contribution in [0, 0.1) is 11.3 Å². The first-order valence-corrected chi connectivity index (χ1v) is 6.04. The Hall–Kier alpha value is -1.84. The molecule has 3 rings (SSSR count). The average molecular weight is 245 g/mol. The normalized spacial score (nSPS) is 29.1. The molecule has 1 amide bonds. The topological polar surface area (TPSA) is 46.6 Å². The molecule has 0 aromatic heterocycles. The van der Waals surface area contributed by atoms with Crippen LogP contribution in [-0.2, 0) is 4.79 Å². The summed E-state index contributed by atoms with van der Waals surface area (Å²) in [6, 6.07) is 6.97. The Balaban J connectivity index is 1.89. The second-order valence-corrected chi connectivity index (χ2v) is 5.12. The number of methoxy groups -OCH3 is 1. The highest BCUT2D eigenvalue weighted by molar-refractivity contribution is 6.17. The summed E-state index contributed by atoms with van der Waals surface area (Å²) < 4.78 is 5.06. The predicted molar refractivity (Wildman–Crippen MR) is 65.5 cm³/mol. The number of ether oxygens (including phenoxy) is 1. The molecule has 1 heterocycles. The lowest BCUT2D eigenvalue weighted by Crippen LogP contribution is -2.32. The fourth-order valence-electron chi connectivity index (χ4n) is 2.94. The highest BCUT2D eigenvalue weighted by atomic mass is 16.5. The van der Waals surface area contributed by atoms with Crippen LogP contribution < -0.4 is 4.74 Å². The standard InChI is InChI=1S/C14H15NO3/c1-15-8-10-7-14(10,13(15)17)12(16)9-3-5-11(18-2)6-4-9/h3-6,10H,7-8H2,1-2H3/t10-,14-/m1/s1. The van der Waals surface area contributed by atoms with Crippen molar-refractivity contribution in [2.24, 2.45) is 11.3 Å². The zero-order chi connectivity index (χ0) is 12.9. The zero-order valence-corrected chi connectivity index (χ0v) is 10.5. The third-order valence-electron chi connectivity index (χ3n) is 4.09. The first-order valence-electron chi connectivity index (χ1n) is 6.04. The molecular formula is C14H15NO3. The van der Waals surface area contributed by atoms with E-state index in [0.717, 1.165) is 0 Å². The molecule has 2 aliphatic rings. The van der Waals surface area contributed by atoms with E-state index in [2.05, 4.69) is 0 Å². The molecule has 2 fully saturated rings. The maximum Gasteiger partial charge on any atom is 0.236 e. The first kappa shape index (κ1) is 11.3. The molecule has 0 radical (unpaired) electrons. The van der Waals surface area contributed by atoms with Gasteiger partial charge in [-0.15, -0.1) is 0 Å². The van der Waals surface area contributed by atoms with Gasteiger partial charge in [-0.3, -0.25) is 9.59 Å². The lowest BCUT2D eigenvalue weighted by molar-refractivity contribution is -0.130. The summed E-state index contributed by atoms with van der Waals surface area (Å²) in [4.78, 5) is 26.2. The van der Waals surface area contributed by atoms with E-state index in [0.29, 0.717) is 24.3 Å². The minimum absolute atomic E-state index is 0.0201. The van der Waals surface area contributed by atoms with Gasteiger partial charge in [-0.05, 0) is 36.6 Å². The van der Waals surface area contributed by atoms with Crippen LogP contribution in [0.4, 0.5) is 0 Å². The number of hydrogen-bond donors (Lipinski definition) is 0. The van der Waals surface area contributed by atoms with Gasteiger partial charge in [0.05, 0.1) is 7.11 Å². The molecule has 2 atom stereocenters. The monoisotopic (exact) mass is 245 g/mol. The number of hydrogen-bond acceptors (Lipinski definition) is 3. The Bertz CT molecular complexity index is 522. The Morgan fingerprint density at radius 1 is 1.39 bits per heavy atom. The van der Waals surface area contributed by atoms with E-state index < -0.39 is 5.41 Å². The number of carbonyl (C=O) groups excluding carboxylic acids is 2. The van der Waals surface area contributed by atoms with Gasteiger partial charge in [0.2, 0.25) is 5.91 Å². The number of benzene rings is 1. The maximum absolute atomic E-state index is 12.5. The van der Waals surface area contributed by atoms with E-state index in [9.17, 15) is 9.59 Å². The molecule has 0 bridgehead atoms. The Morgan fingerprint density at radius 3 is 2.56 bits per heavy atom. The van der Waals surface area contributed by atoms with Gasteiger partial charge in [0.25, 0.3) is 0 Å². The number of nitrogens with zero attached hydrogens (tertiary/aromatic N) is 1. The van der Waals surface area contributed by atoms with Crippen molar-refractivity contribution in [3.8, 4) is 5.75 Å². The second kappa shape index (κ2) is 3.57. The van der Waals surface area contributed by atoms with Gasteiger partial charge in [0.1, 0.15) is 11.2 Å². The lowest BCUT2D eigenvalue weighted by atomic mass is 9.93. The molecule has 4 heteroatoms. The summed E-state index contributed by atoms with van der Waals surface area (Å²) in [5.74, 6) is 0.869. The number of piperidine rings is 1. The van der Waals surface area contributed by atoms with Crippen LogP contribution in [0.5, 0.6) is 5.75 Å². The van der Waals surface area contributed by atoms with Crippen LogP contribution in [0.25, 0.3) is 0 Å². The van der Waals surface area contributed by atoms with Gasteiger partial charge in [0, 0.05) is 19.2 Å². The molecule has 1 aliphatic carbocycles. The van der Waals surface area contributed by atoms with E-state index in [4.69, 9.17) is 4.74 Å². The highest BCUT2D eigenvalue weighted by Crippen LogP contribution is 2.59. The molecule has 94 valence electrons. The number of amides is 1. The summed E-state index contributed by atoms with van der Waals surface area (Å²) in [6.45, 7) is 0.709. The van der Waals surface area contributed by atoms with E-state index >= 15 is 0 Å². The molecule has 0 N–H and O–H groups in total. The number of rotatable bonds is 3. The molecule has 1 aromatic rings. The highest BCUT2D eigenvalue weighted by Gasteiger charge is 2.70. The van der Waals surface area contributed by atoms with Gasteiger partial charge in [-0.1, -0.05) is 0 Å². The minimum Gasteiger partial charge on any atom is -0.497 e. The Kier molecular flexibility index (Phi) is 2.24. The number of likely N-dealkylation sites (tertiary alicyclic amines) is 1. The van der Waals surface area contributed by atoms with Crippen LogP contribution >= 0.6 is 0 Å². The van der Waals surface area contributed by atoms with E-state index in [1.807, 2.05) is 0 Å². The molecule has 1 aromatic carbocycles. The van der Waals surface area contributed by atoms with Gasteiger partial charge in [-0.25, -0.2) is 0 Å². The van der Waals surface area contributed by atoms with Crippen LogP contribution in [-0.4, -0.2) is 37.3 Å². The summed E-state index contributed by atoms with van der Waals surface area (Å²) in [6.07, 6.45) is 0.709. The van der Waals surface area contributed by atoms with Crippen molar-refractivity contribution in [1.29, 1.82) is 0 Å². The quantitative estimate of drug-likeness (QED) is 0.596. The SMILES string of the molecule is COc1ccc(C(=O)[C@@]23C[C@@H]2CN(C)C3=O)cc1. The lowest BCUT2D eigenvalue weighted by Gasteiger charge is -2.15. The molecule has 0 unspecified atom stereocenters. The Labute approximate surface area is 106 Å². The summed E-state index contributed by atoms with van der Waals surface area (Å²) in [7, 11) is 3.35. The van der Waals surface area contributed by atoms with Crippen LogP contribution in [0.1, 0.15) is 16.8 Å². The maximum atomic E-state index is 12.5. The van der Waals surface area contributed by atoms with Crippen molar-refractivity contribution < 1.29 is 14.3 Å². The fourth-order valence-corrected chi connectivity index (χ4v) is 2.94. The van der Waals surface area contributed by atoms with Crippen LogP contribution in [0.2, 0.25) is 0 Å². The first-order chi connectivity index (χ1) is 8.59. The van der Waals surface area contributed by atoms with Crippen molar-refractivity contribution in [3.05, 3.63) is 29.8 Å².